The Morgan fingerprint density at radius 1 is 1.42 bits per heavy atom. The van der Waals surface area contributed by atoms with Crippen LogP contribution in [0.15, 0.2) is 30.3 Å². The van der Waals surface area contributed by atoms with Crippen LogP contribution in [0.1, 0.15) is 5.56 Å². The largest absolute Gasteiger partial charge is 0.297 e. The van der Waals surface area contributed by atoms with E-state index in [9.17, 15) is 0 Å². The second kappa shape index (κ2) is 7.25. The second-order valence-electron chi connectivity index (χ2n) is 1.76. The minimum Gasteiger partial charge on any atom is -0.297 e. The summed E-state index contributed by atoms with van der Waals surface area (Å²) in [6.45, 7) is 0. The van der Waals surface area contributed by atoms with Gasteiger partial charge in [-0.1, -0.05) is 18.2 Å². The lowest BCUT2D eigenvalue weighted by molar-refractivity contribution is -0.109. The number of nitrogens with one attached hydrogen (secondary N) is 1. The third-order valence-corrected chi connectivity index (χ3v) is 0.971. The lowest BCUT2D eigenvalue weighted by Gasteiger charge is -1.80. The Bertz CT molecular complexity index is 253. The molecule has 0 atom stereocenters. The molecule has 4 nitrogen and oxygen atoms in total. The summed E-state index contributed by atoms with van der Waals surface area (Å²) in [5, 5.41) is 8.29. The highest BCUT2D eigenvalue weighted by Crippen LogP contribution is 1.92. The highest BCUT2D eigenvalue weighted by Gasteiger charge is 1.79. The Morgan fingerprint density at radius 2 is 1.92 bits per heavy atom. The molecular formula is C8H9N3O. The summed E-state index contributed by atoms with van der Waals surface area (Å²) in [6.07, 6.45) is 0.403. The minimum atomic E-state index is 0.403. The molecule has 1 aromatic rings. The molecule has 0 bridgehead atoms. The highest BCUT2D eigenvalue weighted by atomic mass is 16.1. The van der Waals surface area contributed by atoms with Crippen molar-refractivity contribution in [2.45, 2.75) is 0 Å². The number of amides is 1. The zero-order valence-electron chi connectivity index (χ0n) is 6.40. The molecular weight excluding hydrogens is 154 g/mol. The highest BCUT2D eigenvalue weighted by molar-refractivity contribution is 5.44. The maximum absolute atomic E-state index is 8.94. The molecule has 0 fully saturated rings. The van der Waals surface area contributed by atoms with E-state index in [2.05, 4.69) is 5.84 Å². The molecule has 0 aliphatic carbocycles. The lowest BCUT2D eigenvalue weighted by Crippen LogP contribution is -2.18. The van der Waals surface area contributed by atoms with Gasteiger partial charge in [-0.05, 0) is 12.1 Å². The molecule has 12 heavy (non-hydrogen) atoms. The molecule has 1 amide bonds. The number of hydrogen-bond donors (Lipinski definition) is 2. The third kappa shape index (κ3) is 4.97. The maximum Gasteiger partial charge on any atom is 0.221 e. The van der Waals surface area contributed by atoms with E-state index in [0.717, 1.165) is 0 Å². The Balaban J connectivity index is 0.000000261. The van der Waals surface area contributed by atoms with Crippen LogP contribution in [0.5, 0.6) is 0 Å². The van der Waals surface area contributed by atoms with Gasteiger partial charge in [0.25, 0.3) is 0 Å². The number of carbonyl (C=O) groups excluding carboxylic acids is 1. The van der Waals surface area contributed by atoms with Gasteiger partial charge in [-0.3, -0.25) is 10.2 Å². The van der Waals surface area contributed by atoms with Gasteiger partial charge >= 0.3 is 0 Å². The van der Waals surface area contributed by atoms with Crippen LogP contribution in [-0.4, -0.2) is 6.41 Å². The van der Waals surface area contributed by atoms with Gasteiger partial charge in [0, 0.05) is 0 Å². The number of rotatable bonds is 1. The molecule has 1 aromatic carbocycles. The van der Waals surface area contributed by atoms with Crippen LogP contribution in [0.3, 0.4) is 0 Å². The van der Waals surface area contributed by atoms with Gasteiger partial charge in [0.05, 0.1) is 11.6 Å². The van der Waals surface area contributed by atoms with Crippen LogP contribution in [0.2, 0.25) is 0 Å². The van der Waals surface area contributed by atoms with Crippen molar-refractivity contribution >= 4 is 6.41 Å². The topological polar surface area (TPSA) is 78.9 Å². The van der Waals surface area contributed by atoms with E-state index in [0.29, 0.717) is 12.0 Å². The summed E-state index contributed by atoms with van der Waals surface area (Å²) in [5.74, 6) is 4.41. The lowest BCUT2D eigenvalue weighted by atomic mass is 10.2. The SMILES string of the molecule is N#Cc1ccccc1.NNC=O. The molecule has 4 heteroatoms. The summed E-state index contributed by atoms with van der Waals surface area (Å²) < 4.78 is 0. The molecule has 0 radical (unpaired) electrons. The minimum absolute atomic E-state index is 0.403. The first-order chi connectivity index (χ1) is 5.85. The predicted octanol–water partition coefficient (Wildman–Crippen LogP) is 0.164. The number of benzene rings is 1. The molecule has 3 N–H and O–H groups in total. The molecule has 0 spiro atoms. The fraction of sp³-hybridized carbons (Fsp3) is 0. The van der Waals surface area contributed by atoms with Crippen molar-refractivity contribution in [1.29, 1.82) is 5.26 Å². The standard InChI is InChI=1S/C7H5N.CH4N2O/c8-6-7-4-2-1-3-5-7;2-3-1-4/h1-5H;1H,2H2,(H,3,4). The first-order valence-corrected chi connectivity index (χ1v) is 3.20. The summed E-state index contributed by atoms with van der Waals surface area (Å²) >= 11 is 0. The molecule has 0 aliphatic rings. The zero-order valence-corrected chi connectivity index (χ0v) is 6.40. The van der Waals surface area contributed by atoms with Crippen LogP contribution >= 0.6 is 0 Å². The number of nitriles is 1. The number of nitrogens with zero attached hydrogens (tertiary/aromatic N) is 1. The van der Waals surface area contributed by atoms with Gasteiger partial charge in [0.15, 0.2) is 0 Å². The third-order valence-electron chi connectivity index (χ3n) is 0.971. The molecule has 0 saturated carbocycles. The van der Waals surface area contributed by atoms with Crippen LogP contribution in [0.4, 0.5) is 0 Å². The van der Waals surface area contributed by atoms with Gasteiger partial charge in [-0.2, -0.15) is 5.26 Å². The number of carbonyl (C=O) groups is 1. The van der Waals surface area contributed by atoms with Gasteiger partial charge in [-0.25, -0.2) is 5.84 Å². The molecule has 62 valence electrons. The molecule has 0 heterocycles. The summed E-state index contributed by atoms with van der Waals surface area (Å²) in [7, 11) is 0. The van der Waals surface area contributed by atoms with Crippen molar-refractivity contribution in [3.8, 4) is 6.07 Å². The van der Waals surface area contributed by atoms with Crippen molar-refractivity contribution in [2.24, 2.45) is 5.84 Å². The van der Waals surface area contributed by atoms with Gasteiger partial charge in [0.1, 0.15) is 0 Å². The molecule has 0 aromatic heterocycles. The van der Waals surface area contributed by atoms with E-state index in [1.54, 1.807) is 17.6 Å². The summed E-state index contributed by atoms with van der Waals surface area (Å²) in [4.78, 5) is 8.94. The molecule has 0 aliphatic heterocycles. The second-order valence-corrected chi connectivity index (χ2v) is 1.76. The molecule has 0 saturated heterocycles. The molecule has 1 rings (SSSR count). The average molecular weight is 163 g/mol. The number of hydrazine groups is 1. The summed E-state index contributed by atoms with van der Waals surface area (Å²) in [5.41, 5.74) is 2.47. The normalized spacial score (nSPS) is 7.00. The first-order valence-electron chi connectivity index (χ1n) is 3.20. The monoisotopic (exact) mass is 163 g/mol. The smallest absolute Gasteiger partial charge is 0.221 e. The van der Waals surface area contributed by atoms with Crippen molar-refractivity contribution < 1.29 is 4.79 Å². The Morgan fingerprint density at radius 3 is 2.17 bits per heavy atom. The average Bonchev–Trinajstić information content (AvgIpc) is 2.19. The fourth-order valence-corrected chi connectivity index (χ4v) is 0.513. The predicted molar refractivity (Wildman–Crippen MR) is 44.5 cm³/mol. The van der Waals surface area contributed by atoms with Crippen molar-refractivity contribution in [2.75, 3.05) is 0 Å². The van der Waals surface area contributed by atoms with E-state index in [1.807, 2.05) is 24.3 Å². The van der Waals surface area contributed by atoms with Gasteiger partial charge in [0.2, 0.25) is 6.41 Å². The quantitative estimate of drug-likeness (QED) is 0.268. The summed E-state index contributed by atoms with van der Waals surface area (Å²) in [6, 6.07) is 11.2. The Labute approximate surface area is 70.6 Å². The zero-order chi connectivity index (χ0) is 9.23. The van der Waals surface area contributed by atoms with Gasteiger partial charge in [-0.15, -0.1) is 0 Å². The fourth-order valence-electron chi connectivity index (χ4n) is 0.513. The maximum atomic E-state index is 8.94. The Hall–Kier alpha value is -1.86. The van der Waals surface area contributed by atoms with E-state index < -0.39 is 0 Å². The van der Waals surface area contributed by atoms with Crippen LogP contribution < -0.4 is 11.3 Å². The van der Waals surface area contributed by atoms with Gasteiger partial charge < -0.3 is 0 Å². The first kappa shape index (κ1) is 10.1. The number of hydrogen-bond acceptors (Lipinski definition) is 3. The Kier molecular flexibility index (Phi) is 6.13. The van der Waals surface area contributed by atoms with Crippen molar-refractivity contribution in [3.05, 3.63) is 35.9 Å². The molecule has 0 unspecified atom stereocenters. The van der Waals surface area contributed by atoms with Crippen molar-refractivity contribution in [1.82, 2.24) is 5.43 Å². The van der Waals surface area contributed by atoms with Crippen molar-refractivity contribution in [3.63, 3.8) is 0 Å². The van der Waals surface area contributed by atoms with E-state index in [1.165, 1.54) is 0 Å². The van der Waals surface area contributed by atoms with E-state index in [4.69, 9.17) is 10.1 Å². The number of nitrogens with two attached hydrogens (primary N) is 1. The van der Waals surface area contributed by atoms with E-state index in [-0.39, 0.29) is 0 Å². The van der Waals surface area contributed by atoms with Crippen LogP contribution in [0.25, 0.3) is 0 Å². The van der Waals surface area contributed by atoms with E-state index >= 15 is 0 Å². The van der Waals surface area contributed by atoms with Crippen LogP contribution in [-0.2, 0) is 4.79 Å². The van der Waals surface area contributed by atoms with Crippen LogP contribution in [0, 0.1) is 11.3 Å².